The van der Waals surface area contributed by atoms with Crippen molar-refractivity contribution in [2.24, 2.45) is 0 Å². The molecule has 1 amide bonds. The van der Waals surface area contributed by atoms with Crippen molar-refractivity contribution in [1.82, 2.24) is 15.0 Å². The third-order valence-electron chi connectivity index (χ3n) is 5.01. The van der Waals surface area contributed by atoms with Crippen molar-refractivity contribution in [3.8, 4) is 5.75 Å². The fraction of sp³-hybridized carbons (Fsp3) is 0.474. The summed E-state index contributed by atoms with van der Waals surface area (Å²) in [6.45, 7) is 5.93. The quantitative estimate of drug-likeness (QED) is 0.853. The number of aryl methyl sites for hydroxylation is 2. The summed E-state index contributed by atoms with van der Waals surface area (Å²) >= 11 is 0. The van der Waals surface area contributed by atoms with E-state index >= 15 is 0 Å². The zero-order valence-electron chi connectivity index (χ0n) is 15.3. The number of rotatable bonds is 4. The molecule has 0 N–H and O–H groups in total. The van der Waals surface area contributed by atoms with E-state index in [0.717, 1.165) is 41.4 Å². The smallest absolute Gasteiger partial charge is 0.227 e. The zero-order valence-corrected chi connectivity index (χ0v) is 15.3. The largest absolute Gasteiger partial charge is 0.496 e. The minimum Gasteiger partial charge on any atom is -0.496 e. The molecule has 1 aromatic heterocycles. The molecule has 1 unspecified atom stereocenters. The molecule has 0 bridgehead atoms. The fourth-order valence-electron chi connectivity index (χ4n) is 3.40. The highest BCUT2D eigenvalue weighted by molar-refractivity contribution is 5.79. The summed E-state index contributed by atoms with van der Waals surface area (Å²) in [5, 5.41) is 3.94. The highest BCUT2D eigenvalue weighted by atomic mass is 16.5. The maximum atomic E-state index is 12.8. The van der Waals surface area contributed by atoms with Crippen LogP contribution < -0.4 is 4.74 Å². The molecule has 2 heterocycles. The van der Waals surface area contributed by atoms with Gasteiger partial charge in [-0.05, 0) is 27.0 Å². The Bertz CT molecular complexity index is 737. The first kappa shape index (κ1) is 17.5. The average molecular weight is 343 g/mol. The van der Waals surface area contributed by atoms with Gasteiger partial charge in [0.05, 0.1) is 25.3 Å². The molecule has 134 valence electrons. The molecule has 3 rings (SSSR count). The van der Waals surface area contributed by atoms with Gasteiger partial charge in [0.2, 0.25) is 5.91 Å². The average Bonchev–Trinajstić information content (AvgIpc) is 2.94. The Kier molecular flexibility index (Phi) is 5.08. The Morgan fingerprint density at radius 3 is 2.76 bits per heavy atom. The molecule has 0 radical (unpaired) electrons. The van der Waals surface area contributed by atoms with E-state index in [9.17, 15) is 4.79 Å². The van der Waals surface area contributed by atoms with Crippen molar-refractivity contribution >= 4 is 5.91 Å². The predicted octanol–water partition coefficient (Wildman–Crippen LogP) is 2.36. The number of aromatic nitrogens is 1. The molecule has 6 heteroatoms. The second-order valence-corrected chi connectivity index (χ2v) is 6.56. The van der Waals surface area contributed by atoms with Gasteiger partial charge in [-0.15, -0.1) is 0 Å². The first-order valence-corrected chi connectivity index (χ1v) is 8.54. The van der Waals surface area contributed by atoms with Gasteiger partial charge in [-0.1, -0.05) is 23.4 Å². The van der Waals surface area contributed by atoms with E-state index in [0.29, 0.717) is 13.0 Å². The van der Waals surface area contributed by atoms with Gasteiger partial charge in [-0.3, -0.25) is 9.69 Å². The van der Waals surface area contributed by atoms with Gasteiger partial charge in [0, 0.05) is 30.8 Å². The molecule has 1 aromatic carbocycles. The Morgan fingerprint density at radius 2 is 2.08 bits per heavy atom. The van der Waals surface area contributed by atoms with Crippen LogP contribution in [0, 0.1) is 13.8 Å². The lowest BCUT2D eigenvalue weighted by molar-refractivity contribution is -0.133. The Morgan fingerprint density at radius 1 is 1.32 bits per heavy atom. The van der Waals surface area contributed by atoms with Gasteiger partial charge in [-0.2, -0.15) is 0 Å². The number of ether oxygens (including phenoxy) is 1. The van der Waals surface area contributed by atoms with Gasteiger partial charge in [-0.25, -0.2) is 0 Å². The van der Waals surface area contributed by atoms with E-state index in [4.69, 9.17) is 9.26 Å². The molecule has 0 aliphatic carbocycles. The highest BCUT2D eigenvalue weighted by Crippen LogP contribution is 2.31. The van der Waals surface area contributed by atoms with E-state index in [1.165, 1.54) is 0 Å². The first-order valence-electron chi connectivity index (χ1n) is 8.54. The van der Waals surface area contributed by atoms with Gasteiger partial charge in [0.15, 0.2) is 0 Å². The Labute approximate surface area is 148 Å². The monoisotopic (exact) mass is 343 g/mol. The number of carbonyl (C=O) groups excluding carboxylic acids is 1. The van der Waals surface area contributed by atoms with Crippen LogP contribution in [0.5, 0.6) is 5.75 Å². The second kappa shape index (κ2) is 7.27. The number of piperazine rings is 1. The van der Waals surface area contributed by atoms with Crippen molar-refractivity contribution in [2.45, 2.75) is 26.3 Å². The lowest BCUT2D eigenvalue weighted by atomic mass is 10.0. The number of amides is 1. The summed E-state index contributed by atoms with van der Waals surface area (Å²) in [5.41, 5.74) is 2.81. The van der Waals surface area contributed by atoms with Crippen LogP contribution in [0.25, 0.3) is 0 Å². The number of carbonyl (C=O) groups is 1. The van der Waals surface area contributed by atoms with Crippen LogP contribution in [-0.4, -0.2) is 54.7 Å². The highest BCUT2D eigenvalue weighted by Gasteiger charge is 2.30. The summed E-state index contributed by atoms with van der Waals surface area (Å²) in [6.07, 6.45) is 0.337. The van der Waals surface area contributed by atoms with Crippen molar-refractivity contribution in [3.05, 3.63) is 46.8 Å². The number of benzene rings is 1. The van der Waals surface area contributed by atoms with E-state index in [1.807, 2.05) is 36.9 Å². The van der Waals surface area contributed by atoms with Crippen molar-refractivity contribution in [1.29, 1.82) is 0 Å². The van der Waals surface area contributed by atoms with E-state index in [2.05, 4.69) is 23.2 Å². The van der Waals surface area contributed by atoms with Crippen LogP contribution in [0.1, 0.15) is 28.6 Å². The minimum absolute atomic E-state index is 0.113. The van der Waals surface area contributed by atoms with E-state index < -0.39 is 0 Å². The van der Waals surface area contributed by atoms with Gasteiger partial charge < -0.3 is 14.2 Å². The SMILES string of the molecule is COc1ccccc1C1CN(C(=O)Cc2c(C)noc2C)CCN1C. The zero-order chi connectivity index (χ0) is 18.0. The number of nitrogens with zero attached hydrogens (tertiary/aromatic N) is 3. The number of hydrogen-bond acceptors (Lipinski definition) is 5. The molecule has 6 nitrogen and oxygen atoms in total. The standard InChI is InChI=1S/C19H25N3O3/c1-13-16(14(2)25-20-13)11-19(23)22-10-9-21(3)17(12-22)15-7-5-6-8-18(15)24-4/h5-8,17H,9-12H2,1-4H3. The predicted molar refractivity (Wildman–Crippen MR) is 94.6 cm³/mol. The van der Waals surface area contributed by atoms with Crippen LogP contribution in [-0.2, 0) is 11.2 Å². The number of likely N-dealkylation sites (N-methyl/N-ethyl adjacent to an activating group) is 1. The van der Waals surface area contributed by atoms with Gasteiger partial charge in [0.25, 0.3) is 0 Å². The van der Waals surface area contributed by atoms with Crippen LogP contribution in [0.3, 0.4) is 0 Å². The van der Waals surface area contributed by atoms with Gasteiger partial charge >= 0.3 is 0 Å². The van der Waals surface area contributed by atoms with Crippen LogP contribution in [0.2, 0.25) is 0 Å². The molecule has 1 aliphatic heterocycles. The van der Waals surface area contributed by atoms with Crippen LogP contribution in [0.15, 0.2) is 28.8 Å². The Hall–Kier alpha value is -2.34. The van der Waals surface area contributed by atoms with Crippen LogP contribution in [0.4, 0.5) is 0 Å². The third kappa shape index (κ3) is 3.54. The van der Waals surface area contributed by atoms with E-state index in [1.54, 1.807) is 7.11 Å². The number of hydrogen-bond donors (Lipinski definition) is 0. The lowest BCUT2D eigenvalue weighted by Gasteiger charge is -2.40. The molecule has 1 saturated heterocycles. The molecule has 0 saturated carbocycles. The summed E-state index contributed by atoms with van der Waals surface area (Å²) in [4.78, 5) is 17.0. The lowest BCUT2D eigenvalue weighted by Crippen LogP contribution is -2.49. The normalized spacial score (nSPS) is 18.4. The molecule has 25 heavy (non-hydrogen) atoms. The maximum Gasteiger partial charge on any atom is 0.227 e. The van der Waals surface area contributed by atoms with Crippen molar-refractivity contribution in [2.75, 3.05) is 33.8 Å². The molecule has 2 aromatic rings. The summed E-state index contributed by atoms with van der Waals surface area (Å²) in [7, 11) is 3.77. The molecule has 1 atom stereocenters. The molecule has 1 aliphatic rings. The molecule has 0 spiro atoms. The first-order chi connectivity index (χ1) is 12.0. The Balaban J connectivity index is 1.77. The van der Waals surface area contributed by atoms with Gasteiger partial charge in [0.1, 0.15) is 11.5 Å². The maximum absolute atomic E-state index is 12.8. The summed E-state index contributed by atoms with van der Waals surface area (Å²) in [6, 6.07) is 8.14. The molecular weight excluding hydrogens is 318 g/mol. The second-order valence-electron chi connectivity index (χ2n) is 6.56. The molecule has 1 fully saturated rings. The number of para-hydroxylation sites is 1. The van der Waals surface area contributed by atoms with Crippen LogP contribution >= 0.6 is 0 Å². The summed E-state index contributed by atoms with van der Waals surface area (Å²) in [5.74, 6) is 1.70. The van der Waals surface area contributed by atoms with Crippen molar-refractivity contribution in [3.63, 3.8) is 0 Å². The van der Waals surface area contributed by atoms with E-state index in [-0.39, 0.29) is 11.9 Å². The van der Waals surface area contributed by atoms with Crippen molar-refractivity contribution < 1.29 is 14.1 Å². The number of methoxy groups -OCH3 is 1. The topological polar surface area (TPSA) is 58.8 Å². The fourth-order valence-corrected chi connectivity index (χ4v) is 3.40. The molecular formula is C19H25N3O3. The summed E-state index contributed by atoms with van der Waals surface area (Å²) < 4.78 is 10.7. The third-order valence-corrected chi connectivity index (χ3v) is 5.01. The minimum atomic E-state index is 0.113.